The van der Waals surface area contributed by atoms with E-state index in [-0.39, 0.29) is 17.0 Å². The first-order valence-electron chi connectivity index (χ1n) is 10.8. The van der Waals surface area contributed by atoms with Crippen molar-refractivity contribution in [2.24, 2.45) is 0 Å². The molecule has 4 N–H and O–H groups in total. The predicted octanol–water partition coefficient (Wildman–Crippen LogP) is 3.20. The Hall–Kier alpha value is -3.30. The van der Waals surface area contributed by atoms with Crippen LogP contribution in [0.25, 0.3) is 21.6 Å². The van der Waals surface area contributed by atoms with Gasteiger partial charge in [0.25, 0.3) is 0 Å². The van der Waals surface area contributed by atoms with Crippen molar-refractivity contribution < 1.29 is 8.42 Å². The van der Waals surface area contributed by atoms with Gasteiger partial charge in [0, 0.05) is 41.8 Å². The fraction of sp³-hybridized carbons (Fsp3) is 0.261. The van der Waals surface area contributed by atoms with Crippen molar-refractivity contribution in [3.8, 4) is 16.6 Å². The van der Waals surface area contributed by atoms with Gasteiger partial charge in [0.1, 0.15) is 10.7 Å². The van der Waals surface area contributed by atoms with E-state index in [9.17, 15) is 8.42 Å². The van der Waals surface area contributed by atoms with E-state index in [1.54, 1.807) is 23.5 Å². The quantitative estimate of drug-likeness (QED) is 0.296. The number of anilines is 1. The van der Waals surface area contributed by atoms with Gasteiger partial charge in [-0.05, 0) is 44.2 Å². The summed E-state index contributed by atoms with van der Waals surface area (Å²) in [5, 5.41) is 19.7. The average Bonchev–Trinajstić information content (AvgIpc) is 3.47. The van der Waals surface area contributed by atoms with Crippen molar-refractivity contribution in [1.82, 2.24) is 25.0 Å². The van der Waals surface area contributed by atoms with Gasteiger partial charge in [-0.2, -0.15) is 5.26 Å². The minimum absolute atomic E-state index is 0.106. The fourth-order valence-corrected chi connectivity index (χ4v) is 6.22. The molecule has 0 unspecified atom stereocenters. The number of hydrogen-bond acceptors (Lipinski definition) is 8. The number of hydrogen-bond donors (Lipinski definition) is 4. The maximum atomic E-state index is 12.7. The molecule has 0 atom stereocenters. The van der Waals surface area contributed by atoms with E-state index in [1.165, 1.54) is 12.1 Å². The summed E-state index contributed by atoms with van der Waals surface area (Å²) in [5.41, 5.74) is 3.95. The Morgan fingerprint density at radius 3 is 2.91 bits per heavy atom. The SMILES string of the molecule is CNCc1csc(-c2cnc3[nH]ccc3c2NC2CC(NS(=O)(=O)c3cccc(C#N)c3)C2)n1. The molecule has 1 fully saturated rings. The number of aromatic amines is 1. The highest BCUT2D eigenvalue weighted by Gasteiger charge is 2.33. The summed E-state index contributed by atoms with van der Waals surface area (Å²) in [6.45, 7) is 0.695. The van der Waals surface area contributed by atoms with Crippen LogP contribution in [0.5, 0.6) is 0 Å². The smallest absolute Gasteiger partial charge is 0.240 e. The average molecular weight is 494 g/mol. The Bertz CT molecular complexity index is 1480. The molecule has 1 saturated carbocycles. The molecule has 0 amide bonds. The van der Waals surface area contributed by atoms with Crippen LogP contribution in [0, 0.1) is 11.3 Å². The van der Waals surface area contributed by atoms with Crippen molar-refractivity contribution in [2.75, 3.05) is 12.4 Å². The predicted molar refractivity (Wildman–Crippen MR) is 132 cm³/mol. The molecule has 3 heterocycles. The summed E-state index contributed by atoms with van der Waals surface area (Å²) in [6, 6.07) is 9.93. The Kier molecular flexibility index (Phi) is 6.05. The van der Waals surface area contributed by atoms with Crippen molar-refractivity contribution in [2.45, 2.75) is 36.4 Å². The second-order valence-corrected chi connectivity index (χ2v) is 10.8. The minimum atomic E-state index is -3.69. The number of pyridine rings is 1. The van der Waals surface area contributed by atoms with E-state index in [2.05, 4.69) is 25.3 Å². The lowest BCUT2D eigenvalue weighted by Crippen LogP contribution is -2.49. The lowest BCUT2D eigenvalue weighted by molar-refractivity contribution is 0.346. The van der Waals surface area contributed by atoms with E-state index < -0.39 is 10.0 Å². The molecule has 0 bridgehead atoms. The number of nitrogens with zero attached hydrogens (tertiary/aromatic N) is 3. The molecule has 9 nitrogen and oxygen atoms in total. The maximum absolute atomic E-state index is 12.7. The van der Waals surface area contributed by atoms with Crippen LogP contribution >= 0.6 is 11.3 Å². The van der Waals surface area contributed by atoms with Crippen LogP contribution < -0.4 is 15.4 Å². The highest BCUT2D eigenvalue weighted by molar-refractivity contribution is 7.89. The highest BCUT2D eigenvalue weighted by Crippen LogP contribution is 2.37. The molecule has 5 rings (SSSR count). The normalized spacial score (nSPS) is 17.9. The summed E-state index contributed by atoms with van der Waals surface area (Å²) in [6.07, 6.45) is 4.97. The number of rotatable bonds is 8. The van der Waals surface area contributed by atoms with Gasteiger partial charge >= 0.3 is 0 Å². The number of H-pyrrole nitrogens is 1. The molecule has 4 aromatic rings. The van der Waals surface area contributed by atoms with Gasteiger partial charge in [-0.15, -0.1) is 11.3 Å². The number of sulfonamides is 1. The van der Waals surface area contributed by atoms with Gasteiger partial charge in [-0.25, -0.2) is 23.1 Å². The standard InChI is InChI=1S/C23H23N7O2S2/c1-25-11-17-13-33-23(29-17)20-12-27-22-19(5-6-26-22)21(20)28-15-8-16(9-15)30-34(31,32)18-4-2-3-14(7-18)10-24/h2-7,12-13,15-16,25,30H,8-9,11H2,1H3,(H2,26,27,28). The Morgan fingerprint density at radius 1 is 1.26 bits per heavy atom. The maximum Gasteiger partial charge on any atom is 0.240 e. The van der Waals surface area contributed by atoms with E-state index in [0.29, 0.717) is 24.9 Å². The number of nitrogens with one attached hydrogen (secondary N) is 4. The topological polar surface area (TPSA) is 136 Å². The number of thiazole rings is 1. The van der Waals surface area contributed by atoms with Gasteiger partial charge in [0.15, 0.2) is 0 Å². The lowest BCUT2D eigenvalue weighted by atomic mass is 9.87. The summed E-state index contributed by atoms with van der Waals surface area (Å²) in [5.74, 6) is 0. The van der Waals surface area contributed by atoms with Crippen LogP contribution in [0.15, 0.2) is 53.0 Å². The fourth-order valence-electron chi connectivity index (χ4n) is 4.07. The second-order valence-electron chi connectivity index (χ2n) is 8.23. The van der Waals surface area contributed by atoms with Crippen LogP contribution in [0.2, 0.25) is 0 Å². The molecule has 0 spiro atoms. The van der Waals surface area contributed by atoms with Gasteiger partial charge in [0.05, 0.1) is 33.5 Å². The molecule has 1 aliphatic rings. The molecule has 11 heteroatoms. The third-order valence-electron chi connectivity index (χ3n) is 5.81. The van der Waals surface area contributed by atoms with Crippen LogP contribution in [-0.2, 0) is 16.6 Å². The first-order valence-corrected chi connectivity index (χ1v) is 13.2. The molecule has 1 aliphatic carbocycles. The number of fused-ring (bicyclic) bond motifs is 1. The van der Waals surface area contributed by atoms with Gasteiger partial charge in [0.2, 0.25) is 10.0 Å². The number of nitriles is 1. The molecule has 0 aliphatic heterocycles. The van der Waals surface area contributed by atoms with Crippen molar-refractivity contribution >= 4 is 38.1 Å². The van der Waals surface area contributed by atoms with E-state index in [4.69, 9.17) is 10.2 Å². The van der Waals surface area contributed by atoms with Crippen molar-refractivity contribution in [1.29, 1.82) is 5.26 Å². The third-order valence-corrected chi connectivity index (χ3v) is 8.25. The first-order chi connectivity index (χ1) is 16.5. The molecule has 0 radical (unpaired) electrons. The summed E-state index contributed by atoms with van der Waals surface area (Å²) < 4.78 is 28.2. The molecule has 3 aromatic heterocycles. The number of aromatic nitrogens is 3. The minimum Gasteiger partial charge on any atom is -0.381 e. The molecule has 174 valence electrons. The summed E-state index contributed by atoms with van der Waals surface area (Å²) in [7, 11) is -1.80. The zero-order valence-corrected chi connectivity index (χ0v) is 20.0. The van der Waals surface area contributed by atoms with Gasteiger partial charge < -0.3 is 15.6 Å². The second kappa shape index (κ2) is 9.15. The first kappa shape index (κ1) is 22.5. The van der Waals surface area contributed by atoms with Gasteiger partial charge in [-0.1, -0.05) is 6.07 Å². The zero-order valence-electron chi connectivity index (χ0n) is 18.4. The summed E-state index contributed by atoms with van der Waals surface area (Å²) in [4.78, 5) is 12.5. The van der Waals surface area contributed by atoms with Crippen LogP contribution in [-0.4, -0.2) is 42.5 Å². The van der Waals surface area contributed by atoms with Crippen molar-refractivity contribution in [3.05, 3.63) is 59.4 Å². The van der Waals surface area contributed by atoms with Gasteiger partial charge in [-0.3, -0.25) is 0 Å². The largest absolute Gasteiger partial charge is 0.381 e. The monoisotopic (exact) mass is 493 g/mol. The molecular weight excluding hydrogens is 470 g/mol. The third kappa shape index (κ3) is 4.41. The van der Waals surface area contributed by atoms with E-state index >= 15 is 0 Å². The van der Waals surface area contributed by atoms with Crippen LogP contribution in [0.1, 0.15) is 24.1 Å². The number of benzene rings is 1. The van der Waals surface area contributed by atoms with E-state index in [0.717, 1.165) is 33.0 Å². The highest BCUT2D eigenvalue weighted by atomic mass is 32.2. The van der Waals surface area contributed by atoms with Crippen LogP contribution in [0.3, 0.4) is 0 Å². The Balaban J connectivity index is 1.32. The molecule has 0 saturated heterocycles. The molecule has 1 aromatic carbocycles. The molecule has 34 heavy (non-hydrogen) atoms. The Labute approximate surface area is 201 Å². The summed E-state index contributed by atoms with van der Waals surface area (Å²) >= 11 is 1.57. The Morgan fingerprint density at radius 2 is 2.12 bits per heavy atom. The zero-order chi connectivity index (χ0) is 23.7. The molecular formula is C23H23N7O2S2. The van der Waals surface area contributed by atoms with Crippen LogP contribution in [0.4, 0.5) is 5.69 Å². The van der Waals surface area contributed by atoms with E-state index in [1.807, 2.05) is 37.0 Å². The lowest BCUT2D eigenvalue weighted by Gasteiger charge is -2.37. The van der Waals surface area contributed by atoms with Crippen molar-refractivity contribution in [3.63, 3.8) is 0 Å².